The van der Waals surface area contributed by atoms with Gasteiger partial charge in [0.1, 0.15) is 0 Å². The van der Waals surface area contributed by atoms with Gasteiger partial charge in [-0.1, -0.05) is 6.92 Å². The molecule has 0 spiro atoms. The Hall–Kier alpha value is -1.33. The topological polar surface area (TPSA) is 24.9 Å². The number of hydrogen-bond acceptors (Lipinski definition) is 2. The van der Waals surface area contributed by atoms with Crippen LogP contribution in [0.1, 0.15) is 37.8 Å². The van der Waals surface area contributed by atoms with Gasteiger partial charge in [-0.15, -0.1) is 12.3 Å². The summed E-state index contributed by atoms with van der Waals surface area (Å²) in [6.07, 6.45) is 11.9. The lowest BCUT2D eigenvalue weighted by atomic mass is 10.0. The molecule has 1 rings (SSSR count). The maximum absolute atomic E-state index is 5.29. The highest BCUT2D eigenvalue weighted by Crippen LogP contribution is 2.17. The minimum Gasteiger partial charge on any atom is -0.310 e. The number of rotatable bonds is 6. The molecule has 0 amide bonds. The lowest BCUT2D eigenvalue weighted by Crippen LogP contribution is -2.22. The van der Waals surface area contributed by atoms with Crippen molar-refractivity contribution in [2.45, 2.75) is 32.2 Å². The first-order valence-electron chi connectivity index (χ1n) is 5.45. The molecule has 0 fully saturated rings. The first-order valence-corrected chi connectivity index (χ1v) is 5.45. The molecule has 1 aromatic heterocycles. The third-order valence-corrected chi connectivity index (χ3v) is 2.33. The molecule has 0 saturated heterocycles. The van der Waals surface area contributed by atoms with Crippen LogP contribution < -0.4 is 5.32 Å². The summed E-state index contributed by atoms with van der Waals surface area (Å²) in [4.78, 5) is 4.02. The third-order valence-electron chi connectivity index (χ3n) is 2.33. The van der Waals surface area contributed by atoms with E-state index >= 15 is 0 Å². The first-order chi connectivity index (χ1) is 7.38. The lowest BCUT2D eigenvalue weighted by molar-refractivity contribution is 0.505. The molecule has 1 atom stereocenters. The molecule has 0 aliphatic carbocycles. The highest BCUT2D eigenvalue weighted by Gasteiger charge is 2.08. The molecule has 1 aromatic rings. The molecular weight excluding hydrogens is 184 g/mol. The zero-order valence-corrected chi connectivity index (χ0v) is 9.24. The molecule has 1 heterocycles. The minimum atomic E-state index is 0.365. The summed E-state index contributed by atoms with van der Waals surface area (Å²) >= 11 is 0. The molecule has 2 heteroatoms. The summed E-state index contributed by atoms with van der Waals surface area (Å²) in [5.74, 6) is 2.69. The van der Waals surface area contributed by atoms with E-state index in [0.29, 0.717) is 6.04 Å². The van der Waals surface area contributed by atoms with E-state index in [4.69, 9.17) is 6.42 Å². The van der Waals surface area contributed by atoms with Crippen LogP contribution in [0, 0.1) is 12.3 Å². The number of terminal acetylenes is 1. The fraction of sp³-hybridized carbons (Fsp3) is 0.462. The van der Waals surface area contributed by atoms with E-state index in [1.165, 1.54) is 5.56 Å². The Kier molecular flexibility index (Phi) is 5.50. The van der Waals surface area contributed by atoms with Gasteiger partial charge in [-0.05, 0) is 37.1 Å². The second kappa shape index (κ2) is 7.03. The van der Waals surface area contributed by atoms with Crippen molar-refractivity contribution in [2.75, 3.05) is 6.54 Å². The highest BCUT2D eigenvalue weighted by molar-refractivity contribution is 5.15. The number of nitrogens with one attached hydrogen (secondary N) is 1. The van der Waals surface area contributed by atoms with Crippen LogP contribution in [-0.2, 0) is 0 Å². The Morgan fingerprint density at radius 2 is 2.20 bits per heavy atom. The molecule has 1 N–H and O–H groups in total. The van der Waals surface area contributed by atoms with Gasteiger partial charge in [-0.25, -0.2) is 0 Å². The smallest absolute Gasteiger partial charge is 0.0330 e. The van der Waals surface area contributed by atoms with E-state index in [9.17, 15) is 0 Å². The zero-order chi connectivity index (χ0) is 10.9. The van der Waals surface area contributed by atoms with Crippen molar-refractivity contribution in [3.8, 4) is 12.3 Å². The zero-order valence-electron chi connectivity index (χ0n) is 9.24. The maximum atomic E-state index is 5.29. The molecule has 0 aromatic carbocycles. The molecule has 0 aliphatic rings. The van der Waals surface area contributed by atoms with Crippen LogP contribution in [0.5, 0.6) is 0 Å². The normalized spacial score (nSPS) is 12.0. The molecule has 80 valence electrons. The van der Waals surface area contributed by atoms with Crippen molar-refractivity contribution in [1.82, 2.24) is 10.3 Å². The highest BCUT2D eigenvalue weighted by atomic mass is 14.9. The van der Waals surface area contributed by atoms with E-state index in [2.05, 4.69) is 23.1 Å². The van der Waals surface area contributed by atoms with Crippen LogP contribution in [0.25, 0.3) is 0 Å². The Labute approximate surface area is 92.1 Å². The van der Waals surface area contributed by atoms with Crippen molar-refractivity contribution >= 4 is 0 Å². The van der Waals surface area contributed by atoms with Gasteiger partial charge < -0.3 is 5.32 Å². The maximum Gasteiger partial charge on any atom is 0.0330 e. The largest absolute Gasteiger partial charge is 0.310 e. The summed E-state index contributed by atoms with van der Waals surface area (Å²) in [6.45, 7) is 3.19. The summed E-state index contributed by atoms with van der Waals surface area (Å²) in [5, 5.41) is 3.50. The van der Waals surface area contributed by atoms with E-state index < -0.39 is 0 Å². The van der Waals surface area contributed by atoms with Crippen LogP contribution in [0.3, 0.4) is 0 Å². The quantitative estimate of drug-likeness (QED) is 0.717. The predicted octanol–water partition coefficient (Wildman–Crippen LogP) is 2.54. The van der Waals surface area contributed by atoms with Crippen molar-refractivity contribution in [3.63, 3.8) is 0 Å². The second-order valence-electron chi connectivity index (χ2n) is 3.53. The van der Waals surface area contributed by atoms with E-state index in [0.717, 1.165) is 25.8 Å². The standard InChI is InChI=1S/C13H18N2/c1-3-5-6-13(15-9-4-2)12-7-10-14-11-8-12/h1,7-8,10-11,13,15H,4-6,9H2,2H3. The number of nitrogens with zero attached hydrogens (tertiary/aromatic N) is 1. The van der Waals surface area contributed by atoms with Crippen LogP contribution >= 0.6 is 0 Å². The Balaban J connectivity index is 2.59. The minimum absolute atomic E-state index is 0.365. The molecule has 0 aliphatic heterocycles. The molecule has 1 unspecified atom stereocenters. The number of hydrogen-bond donors (Lipinski definition) is 1. The van der Waals surface area contributed by atoms with Crippen LogP contribution in [0.15, 0.2) is 24.5 Å². The molecule has 2 nitrogen and oxygen atoms in total. The van der Waals surface area contributed by atoms with Gasteiger partial charge in [0.2, 0.25) is 0 Å². The van der Waals surface area contributed by atoms with Gasteiger partial charge in [-0.3, -0.25) is 4.98 Å². The van der Waals surface area contributed by atoms with Crippen molar-refractivity contribution < 1.29 is 0 Å². The molecule has 0 bridgehead atoms. The van der Waals surface area contributed by atoms with Gasteiger partial charge in [0, 0.05) is 24.9 Å². The second-order valence-corrected chi connectivity index (χ2v) is 3.53. The summed E-state index contributed by atoms with van der Waals surface area (Å²) < 4.78 is 0. The lowest BCUT2D eigenvalue weighted by Gasteiger charge is -2.17. The summed E-state index contributed by atoms with van der Waals surface area (Å²) in [6, 6.07) is 4.46. The van der Waals surface area contributed by atoms with Crippen LogP contribution in [-0.4, -0.2) is 11.5 Å². The molecular formula is C13H18N2. The summed E-state index contributed by atoms with van der Waals surface area (Å²) in [7, 11) is 0. The average Bonchev–Trinajstić information content (AvgIpc) is 2.30. The van der Waals surface area contributed by atoms with Crippen molar-refractivity contribution in [1.29, 1.82) is 0 Å². The van der Waals surface area contributed by atoms with E-state index in [-0.39, 0.29) is 0 Å². The Bertz CT molecular complexity index is 300. The van der Waals surface area contributed by atoms with Gasteiger partial charge in [0.25, 0.3) is 0 Å². The molecule has 0 saturated carbocycles. The fourth-order valence-electron chi connectivity index (χ4n) is 1.53. The van der Waals surface area contributed by atoms with E-state index in [1.54, 1.807) is 0 Å². The molecule has 15 heavy (non-hydrogen) atoms. The molecule has 0 radical (unpaired) electrons. The average molecular weight is 202 g/mol. The first kappa shape index (κ1) is 11.7. The number of pyridine rings is 1. The Morgan fingerprint density at radius 3 is 2.80 bits per heavy atom. The Morgan fingerprint density at radius 1 is 1.47 bits per heavy atom. The fourth-order valence-corrected chi connectivity index (χ4v) is 1.53. The van der Waals surface area contributed by atoms with Crippen LogP contribution in [0.4, 0.5) is 0 Å². The van der Waals surface area contributed by atoms with Crippen molar-refractivity contribution in [2.24, 2.45) is 0 Å². The van der Waals surface area contributed by atoms with Crippen LogP contribution in [0.2, 0.25) is 0 Å². The monoisotopic (exact) mass is 202 g/mol. The van der Waals surface area contributed by atoms with Gasteiger partial charge in [-0.2, -0.15) is 0 Å². The predicted molar refractivity (Wildman–Crippen MR) is 63.3 cm³/mol. The van der Waals surface area contributed by atoms with Crippen molar-refractivity contribution in [3.05, 3.63) is 30.1 Å². The number of aromatic nitrogens is 1. The van der Waals surface area contributed by atoms with E-state index in [1.807, 2.05) is 24.5 Å². The SMILES string of the molecule is C#CCCC(NCCC)c1ccncc1. The van der Waals surface area contributed by atoms with Gasteiger partial charge in [0.05, 0.1) is 0 Å². The van der Waals surface area contributed by atoms with Gasteiger partial charge in [0.15, 0.2) is 0 Å². The van der Waals surface area contributed by atoms with Gasteiger partial charge >= 0.3 is 0 Å². The third kappa shape index (κ3) is 4.14. The summed E-state index contributed by atoms with van der Waals surface area (Å²) in [5.41, 5.74) is 1.27.